The standard InChI is InChI=1S/C13H28N2O/c1-11(2)10-13(16)15-9-7-5-6-8-14-12(3)4/h11-12,14H,5-10H2,1-4H3,(H,15,16). The summed E-state index contributed by atoms with van der Waals surface area (Å²) < 4.78 is 0. The minimum atomic E-state index is 0.190. The third-order valence-electron chi connectivity index (χ3n) is 2.32. The van der Waals surface area contributed by atoms with Crippen LogP contribution in [0, 0.1) is 5.92 Å². The molecule has 0 unspecified atom stereocenters. The van der Waals surface area contributed by atoms with Crippen LogP contribution in [-0.4, -0.2) is 25.0 Å². The highest BCUT2D eigenvalue weighted by molar-refractivity contribution is 5.75. The van der Waals surface area contributed by atoms with Crippen molar-refractivity contribution >= 4 is 5.91 Å². The second kappa shape index (κ2) is 9.64. The van der Waals surface area contributed by atoms with Crippen LogP contribution in [-0.2, 0) is 4.79 Å². The Kier molecular flexibility index (Phi) is 9.30. The zero-order valence-corrected chi connectivity index (χ0v) is 11.3. The molecule has 0 spiro atoms. The van der Waals surface area contributed by atoms with E-state index < -0.39 is 0 Å². The monoisotopic (exact) mass is 228 g/mol. The van der Waals surface area contributed by atoms with Crippen molar-refractivity contribution in [2.45, 2.75) is 59.4 Å². The summed E-state index contributed by atoms with van der Waals surface area (Å²) in [5.74, 6) is 0.644. The van der Waals surface area contributed by atoms with E-state index in [4.69, 9.17) is 0 Å². The Balaban J connectivity index is 3.18. The second-order valence-electron chi connectivity index (χ2n) is 5.12. The van der Waals surface area contributed by atoms with Crippen LogP contribution in [0.1, 0.15) is 53.4 Å². The molecule has 0 aliphatic heterocycles. The summed E-state index contributed by atoms with van der Waals surface area (Å²) in [4.78, 5) is 11.3. The van der Waals surface area contributed by atoms with E-state index in [1.54, 1.807) is 0 Å². The minimum absolute atomic E-state index is 0.190. The molecule has 3 heteroatoms. The van der Waals surface area contributed by atoms with Gasteiger partial charge < -0.3 is 10.6 Å². The number of hydrogen-bond acceptors (Lipinski definition) is 2. The van der Waals surface area contributed by atoms with Crippen LogP contribution in [0.3, 0.4) is 0 Å². The molecule has 0 saturated carbocycles. The number of unbranched alkanes of at least 4 members (excludes halogenated alkanes) is 2. The predicted molar refractivity (Wildman–Crippen MR) is 69.5 cm³/mol. The van der Waals surface area contributed by atoms with E-state index in [2.05, 4.69) is 38.3 Å². The SMILES string of the molecule is CC(C)CC(=O)NCCCCCNC(C)C. The minimum Gasteiger partial charge on any atom is -0.356 e. The fourth-order valence-electron chi connectivity index (χ4n) is 1.49. The zero-order valence-electron chi connectivity index (χ0n) is 11.3. The van der Waals surface area contributed by atoms with E-state index in [1.165, 1.54) is 12.8 Å². The number of rotatable bonds is 9. The van der Waals surface area contributed by atoms with Crippen molar-refractivity contribution in [3.8, 4) is 0 Å². The first-order valence-corrected chi connectivity index (χ1v) is 6.52. The molecule has 3 nitrogen and oxygen atoms in total. The predicted octanol–water partition coefficient (Wildman–Crippen LogP) is 2.32. The number of carbonyl (C=O) groups is 1. The van der Waals surface area contributed by atoms with Crippen LogP contribution in [0.2, 0.25) is 0 Å². The topological polar surface area (TPSA) is 41.1 Å². The molecule has 96 valence electrons. The lowest BCUT2D eigenvalue weighted by Gasteiger charge is -2.08. The second-order valence-corrected chi connectivity index (χ2v) is 5.12. The fourth-order valence-corrected chi connectivity index (χ4v) is 1.49. The largest absolute Gasteiger partial charge is 0.356 e. The average Bonchev–Trinajstić information content (AvgIpc) is 2.14. The Hall–Kier alpha value is -0.570. The number of nitrogens with one attached hydrogen (secondary N) is 2. The van der Waals surface area contributed by atoms with Crippen LogP contribution in [0.5, 0.6) is 0 Å². The Bertz CT molecular complexity index is 179. The smallest absolute Gasteiger partial charge is 0.220 e. The van der Waals surface area contributed by atoms with E-state index in [0.29, 0.717) is 18.4 Å². The molecule has 0 radical (unpaired) electrons. The highest BCUT2D eigenvalue weighted by atomic mass is 16.1. The Labute approximate surface area is 100 Å². The van der Waals surface area contributed by atoms with Crippen molar-refractivity contribution in [1.82, 2.24) is 10.6 Å². The van der Waals surface area contributed by atoms with Crippen molar-refractivity contribution in [2.75, 3.05) is 13.1 Å². The maximum absolute atomic E-state index is 11.3. The van der Waals surface area contributed by atoms with Gasteiger partial charge in [-0.25, -0.2) is 0 Å². The Morgan fingerprint density at radius 2 is 1.62 bits per heavy atom. The van der Waals surface area contributed by atoms with Gasteiger partial charge in [-0.2, -0.15) is 0 Å². The summed E-state index contributed by atoms with van der Waals surface area (Å²) in [5.41, 5.74) is 0. The number of amides is 1. The molecule has 0 atom stereocenters. The van der Waals surface area contributed by atoms with Gasteiger partial charge in [0, 0.05) is 19.0 Å². The molecule has 2 N–H and O–H groups in total. The van der Waals surface area contributed by atoms with Gasteiger partial charge in [-0.05, 0) is 25.3 Å². The van der Waals surface area contributed by atoms with Gasteiger partial charge in [0.2, 0.25) is 5.91 Å². The summed E-state index contributed by atoms with van der Waals surface area (Å²) in [6.45, 7) is 10.4. The molecule has 0 aromatic carbocycles. The maximum Gasteiger partial charge on any atom is 0.220 e. The lowest BCUT2D eigenvalue weighted by molar-refractivity contribution is -0.121. The first-order valence-electron chi connectivity index (χ1n) is 6.52. The normalized spacial score (nSPS) is 11.1. The third kappa shape index (κ3) is 11.5. The molecule has 0 rings (SSSR count). The quantitative estimate of drug-likeness (QED) is 0.595. The molecular weight excluding hydrogens is 200 g/mol. The summed E-state index contributed by atoms with van der Waals surface area (Å²) in [6.07, 6.45) is 4.11. The third-order valence-corrected chi connectivity index (χ3v) is 2.32. The molecule has 0 saturated heterocycles. The van der Waals surface area contributed by atoms with Gasteiger partial charge in [0.15, 0.2) is 0 Å². The van der Waals surface area contributed by atoms with Crippen LogP contribution >= 0.6 is 0 Å². The number of hydrogen-bond donors (Lipinski definition) is 2. The molecule has 0 bridgehead atoms. The average molecular weight is 228 g/mol. The van der Waals surface area contributed by atoms with Gasteiger partial charge in [-0.3, -0.25) is 4.79 Å². The molecule has 0 fully saturated rings. The first-order chi connectivity index (χ1) is 7.52. The highest BCUT2D eigenvalue weighted by Gasteiger charge is 2.02. The van der Waals surface area contributed by atoms with E-state index >= 15 is 0 Å². The van der Waals surface area contributed by atoms with E-state index in [-0.39, 0.29) is 5.91 Å². The lowest BCUT2D eigenvalue weighted by atomic mass is 10.1. The molecule has 0 aliphatic rings. The van der Waals surface area contributed by atoms with Crippen molar-refractivity contribution < 1.29 is 4.79 Å². The molecule has 0 aliphatic carbocycles. The Morgan fingerprint density at radius 3 is 2.19 bits per heavy atom. The van der Waals surface area contributed by atoms with Crippen molar-refractivity contribution in [3.05, 3.63) is 0 Å². The number of carbonyl (C=O) groups excluding carboxylic acids is 1. The van der Waals surface area contributed by atoms with Crippen LogP contribution in [0.4, 0.5) is 0 Å². The zero-order chi connectivity index (χ0) is 12.4. The lowest BCUT2D eigenvalue weighted by Crippen LogP contribution is -2.26. The van der Waals surface area contributed by atoms with Crippen molar-refractivity contribution in [3.63, 3.8) is 0 Å². The fraction of sp³-hybridized carbons (Fsp3) is 0.923. The van der Waals surface area contributed by atoms with Gasteiger partial charge in [0.05, 0.1) is 0 Å². The summed E-state index contributed by atoms with van der Waals surface area (Å²) >= 11 is 0. The molecule has 0 aromatic rings. The first kappa shape index (κ1) is 15.4. The summed E-state index contributed by atoms with van der Waals surface area (Å²) in [5, 5.41) is 6.34. The molecule has 16 heavy (non-hydrogen) atoms. The highest BCUT2D eigenvalue weighted by Crippen LogP contribution is 1.98. The van der Waals surface area contributed by atoms with Gasteiger partial charge in [0.1, 0.15) is 0 Å². The Morgan fingerprint density at radius 1 is 1.00 bits per heavy atom. The van der Waals surface area contributed by atoms with Gasteiger partial charge in [0.25, 0.3) is 0 Å². The maximum atomic E-state index is 11.3. The van der Waals surface area contributed by atoms with E-state index in [0.717, 1.165) is 19.5 Å². The summed E-state index contributed by atoms with van der Waals surface area (Å²) in [7, 11) is 0. The summed E-state index contributed by atoms with van der Waals surface area (Å²) in [6, 6.07) is 0.575. The van der Waals surface area contributed by atoms with E-state index in [1.807, 2.05) is 0 Å². The molecular formula is C13H28N2O. The van der Waals surface area contributed by atoms with E-state index in [9.17, 15) is 4.79 Å². The van der Waals surface area contributed by atoms with Gasteiger partial charge in [-0.1, -0.05) is 34.1 Å². The van der Waals surface area contributed by atoms with Crippen molar-refractivity contribution in [2.24, 2.45) is 5.92 Å². The molecule has 0 heterocycles. The van der Waals surface area contributed by atoms with Gasteiger partial charge in [-0.15, -0.1) is 0 Å². The van der Waals surface area contributed by atoms with Crippen LogP contribution in [0.15, 0.2) is 0 Å². The van der Waals surface area contributed by atoms with Crippen LogP contribution in [0.25, 0.3) is 0 Å². The van der Waals surface area contributed by atoms with Crippen molar-refractivity contribution in [1.29, 1.82) is 0 Å². The van der Waals surface area contributed by atoms with Crippen LogP contribution < -0.4 is 10.6 Å². The molecule has 1 amide bonds. The van der Waals surface area contributed by atoms with Gasteiger partial charge >= 0.3 is 0 Å². The molecule has 0 aromatic heterocycles.